The fourth-order valence-corrected chi connectivity index (χ4v) is 1.06. The number of carbonyl (C=O) groups is 2. The van der Waals surface area contributed by atoms with E-state index in [1.165, 1.54) is 6.07 Å². The van der Waals surface area contributed by atoms with Crippen molar-refractivity contribution in [1.29, 1.82) is 0 Å². The summed E-state index contributed by atoms with van der Waals surface area (Å²) in [6.07, 6.45) is 0. The molecule has 0 atom stereocenters. The van der Waals surface area contributed by atoms with Gasteiger partial charge in [-0.25, -0.2) is 4.79 Å². The number of rotatable bonds is 2. The van der Waals surface area contributed by atoms with Gasteiger partial charge in [-0.05, 0) is 18.2 Å². The fourth-order valence-electron chi connectivity index (χ4n) is 0.803. The van der Waals surface area contributed by atoms with Gasteiger partial charge in [0.2, 0.25) is 0 Å². The number of ketones is 1. The standard InChI is InChI=1S/C8H5ClO4/c9-6-3-4(10)1-2-5(6)7(11)8(12)13/h1-3,10H,(H,12,13). The number of carboxylic acids is 1. The van der Waals surface area contributed by atoms with Gasteiger partial charge in [0, 0.05) is 5.56 Å². The number of phenols is 1. The molecule has 4 nitrogen and oxygen atoms in total. The predicted molar refractivity (Wildman–Crippen MR) is 45.1 cm³/mol. The predicted octanol–water partition coefficient (Wildman–Crippen LogP) is 1.31. The van der Waals surface area contributed by atoms with Crippen molar-refractivity contribution in [3.8, 4) is 5.75 Å². The van der Waals surface area contributed by atoms with Crippen molar-refractivity contribution < 1.29 is 19.8 Å². The minimum Gasteiger partial charge on any atom is -0.508 e. The van der Waals surface area contributed by atoms with Crippen LogP contribution < -0.4 is 0 Å². The van der Waals surface area contributed by atoms with Crippen molar-refractivity contribution in [3.05, 3.63) is 28.8 Å². The number of phenolic OH excluding ortho intramolecular Hbond substituents is 1. The Morgan fingerprint density at radius 1 is 1.31 bits per heavy atom. The maximum atomic E-state index is 10.9. The lowest BCUT2D eigenvalue weighted by Gasteiger charge is -1.99. The van der Waals surface area contributed by atoms with Gasteiger partial charge in [0.25, 0.3) is 5.78 Å². The van der Waals surface area contributed by atoms with Gasteiger partial charge in [-0.15, -0.1) is 0 Å². The number of carbonyl (C=O) groups excluding carboxylic acids is 1. The molecule has 2 N–H and O–H groups in total. The van der Waals surface area contributed by atoms with Crippen molar-refractivity contribution >= 4 is 23.4 Å². The minimum absolute atomic E-state index is 0.0765. The monoisotopic (exact) mass is 200 g/mol. The van der Waals surface area contributed by atoms with Crippen molar-refractivity contribution in [3.63, 3.8) is 0 Å². The van der Waals surface area contributed by atoms with Crippen molar-refractivity contribution in [2.45, 2.75) is 0 Å². The minimum atomic E-state index is -1.58. The lowest BCUT2D eigenvalue weighted by molar-refractivity contribution is -0.131. The number of halogens is 1. The molecule has 5 heteroatoms. The quantitative estimate of drug-likeness (QED) is 0.558. The number of Topliss-reactive ketones (excluding diaryl/α,β-unsaturated/α-hetero) is 1. The number of carboxylic acid groups (broad SMARTS) is 1. The molecule has 0 bridgehead atoms. The third-order valence-corrected chi connectivity index (χ3v) is 1.70. The van der Waals surface area contributed by atoms with Crippen LogP contribution in [0.3, 0.4) is 0 Å². The van der Waals surface area contributed by atoms with Crippen LogP contribution in [-0.4, -0.2) is 22.0 Å². The molecule has 1 aromatic carbocycles. The Bertz CT molecular complexity index is 372. The summed E-state index contributed by atoms with van der Waals surface area (Å²) in [5.74, 6) is -2.79. The molecule has 0 aromatic heterocycles. The molecule has 0 aliphatic rings. The highest BCUT2D eigenvalue weighted by atomic mass is 35.5. The van der Waals surface area contributed by atoms with E-state index in [1.807, 2.05) is 0 Å². The third kappa shape index (κ3) is 1.97. The van der Waals surface area contributed by atoms with E-state index < -0.39 is 11.8 Å². The van der Waals surface area contributed by atoms with E-state index in [1.54, 1.807) is 0 Å². The molecule has 0 saturated heterocycles. The summed E-state index contributed by atoms with van der Waals surface area (Å²) >= 11 is 5.52. The Morgan fingerprint density at radius 2 is 1.92 bits per heavy atom. The summed E-state index contributed by atoms with van der Waals surface area (Å²) in [5, 5.41) is 17.2. The van der Waals surface area contributed by atoms with E-state index in [0.717, 1.165) is 12.1 Å². The summed E-state index contributed by atoms with van der Waals surface area (Å²) in [5.41, 5.74) is -0.132. The van der Waals surface area contributed by atoms with Crippen LogP contribution in [0.1, 0.15) is 10.4 Å². The van der Waals surface area contributed by atoms with Crippen LogP contribution in [-0.2, 0) is 4.79 Å². The first-order chi connectivity index (χ1) is 6.02. The first kappa shape index (κ1) is 9.54. The molecule has 1 aromatic rings. The van der Waals surface area contributed by atoms with Crippen LogP contribution in [0.4, 0.5) is 0 Å². The molecule has 0 fully saturated rings. The van der Waals surface area contributed by atoms with Crippen molar-refractivity contribution in [2.75, 3.05) is 0 Å². The molecular formula is C8H5ClO4. The van der Waals surface area contributed by atoms with Crippen LogP contribution in [0.2, 0.25) is 5.02 Å². The normalized spacial score (nSPS) is 9.62. The largest absolute Gasteiger partial charge is 0.508 e. The average molecular weight is 201 g/mol. The molecule has 0 spiro atoms. The number of aliphatic carboxylic acids is 1. The fraction of sp³-hybridized carbons (Fsp3) is 0. The molecule has 0 radical (unpaired) electrons. The molecule has 0 aliphatic carbocycles. The van der Waals surface area contributed by atoms with Gasteiger partial charge < -0.3 is 10.2 Å². The Labute approximate surface area is 78.4 Å². The summed E-state index contributed by atoms with van der Waals surface area (Å²) in [7, 11) is 0. The maximum absolute atomic E-state index is 10.9. The Hall–Kier alpha value is -1.55. The van der Waals surface area contributed by atoms with Crippen molar-refractivity contribution in [1.82, 2.24) is 0 Å². The average Bonchev–Trinajstić information content (AvgIpc) is 2.03. The summed E-state index contributed by atoms with van der Waals surface area (Å²) in [6.45, 7) is 0. The SMILES string of the molecule is O=C(O)C(=O)c1ccc(O)cc1Cl. The summed E-state index contributed by atoms with van der Waals surface area (Å²) in [4.78, 5) is 21.2. The zero-order chi connectivity index (χ0) is 10.0. The topological polar surface area (TPSA) is 74.6 Å². The molecule has 0 heterocycles. The van der Waals surface area contributed by atoms with Gasteiger partial charge in [0.15, 0.2) is 0 Å². The Kier molecular flexibility index (Phi) is 2.53. The Balaban J connectivity index is 3.16. The Morgan fingerprint density at radius 3 is 2.38 bits per heavy atom. The molecular weight excluding hydrogens is 196 g/mol. The zero-order valence-electron chi connectivity index (χ0n) is 6.32. The lowest BCUT2D eigenvalue weighted by Crippen LogP contribution is -2.12. The first-order valence-corrected chi connectivity index (χ1v) is 3.66. The second kappa shape index (κ2) is 3.45. The highest BCUT2D eigenvalue weighted by Crippen LogP contribution is 2.21. The number of aromatic hydroxyl groups is 1. The maximum Gasteiger partial charge on any atom is 0.377 e. The van der Waals surface area contributed by atoms with Crippen LogP contribution in [0.5, 0.6) is 5.75 Å². The molecule has 13 heavy (non-hydrogen) atoms. The number of benzene rings is 1. The first-order valence-electron chi connectivity index (χ1n) is 3.28. The van der Waals surface area contributed by atoms with E-state index in [4.69, 9.17) is 21.8 Å². The number of hydrogen-bond acceptors (Lipinski definition) is 3. The molecule has 0 aliphatic heterocycles. The van der Waals surface area contributed by atoms with Gasteiger partial charge in [0.05, 0.1) is 5.02 Å². The molecule has 0 amide bonds. The second-order valence-corrected chi connectivity index (χ2v) is 2.71. The third-order valence-electron chi connectivity index (χ3n) is 1.39. The van der Waals surface area contributed by atoms with E-state index in [2.05, 4.69) is 0 Å². The second-order valence-electron chi connectivity index (χ2n) is 2.30. The van der Waals surface area contributed by atoms with E-state index >= 15 is 0 Å². The van der Waals surface area contributed by atoms with Crippen LogP contribution >= 0.6 is 11.6 Å². The zero-order valence-corrected chi connectivity index (χ0v) is 7.08. The molecule has 0 unspecified atom stereocenters. The van der Waals surface area contributed by atoms with E-state index in [0.29, 0.717) is 0 Å². The van der Waals surface area contributed by atoms with Crippen LogP contribution in [0.25, 0.3) is 0 Å². The number of hydrogen-bond donors (Lipinski definition) is 2. The van der Waals surface area contributed by atoms with Gasteiger partial charge in [-0.1, -0.05) is 11.6 Å². The summed E-state index contributed by atoms with van der Waals surface area (Å²) in [6, 6.07) is 3.47. The van der Waals surface area contributed by atoms with Crippen LogP contribution in [0.15, 0.2) is 18.2 Å². The highest BCUT2D eigenvalue weighted by molar-refractivity contribution is 6.45. The van der Waals surface area contributed by atoms with E-state index in [9.17, 15) is 9.59 Å². The molecule has 0 saturated carbocycles. The molecule has 1 rings (SSSR count). The smallest absolute Gasteiger partial charge is 0.377 e. The van der Waals surface area contributed by atoms with E-state index in [-0.39, 0.29) is 16.3 Å². The molecule has 68 valence electrons. The summed E-state index contributed by atoms with van der Waals surface area (Å²) < 4.78 is 0. The van der Waals surface area contributed by atoms with Gasteiger partial charge in [-0.2, -0.15) is 0 Å². The van der Waals surface area contributed by atoms with Crippen LogP contribution in [0, 0.1) is 0 Å². The van der Waals surface area contributed by atoms with Gasteiger partial charge >= 0.3 is 5.97 Å². The highest BCUT2D eigenvalue weighted by Gasteiger charge is 2.17. The van der Waals surface area contributed by atoms with Crippen molar-refractivity contribution in [2.24, 2.45) is 0 Å². The van der Waals surface area contributed by atoms with Gasteiger partial charge in [-0.3, -0.25) is 4.79 Å². The lowest BCUT2D eigenvalue weighted by atomic mass is 10.1. The van der Waals surface area contributed by atoms with Gasteiger partial charge in [0.1, 0.15) is 5.75 Å².